The second kappa shape index (κ2) is 9.81. The van der Waals surface area contributed by atoms with Crippen LogP contribution in [0.15, 0.2) is 41.0 Å². The number of rotatable bonds is 8. The van der Waals surface area contributed by atoms with Gasteiger partial charge in [0.05, 0.1) is 17.4 Å². The first-order valence-corrected chi connectivity index (χ1v) is 11.0. The first-order valence-electron chi connectivity index (χ1n) is 9.20. The quantitative estimate of drug-likeness (QED) is 0.512. The van der Waals surface area contributed by atoms with E-state index in [-0.39, 0.29) is 24.1 Å². The van der Waals surface area contributed by atoms with E-state index in [2.05, 4.69) is 25.8 Å². The van der Waals surface area contributed by atoms with Crippen LogP contribution < -0.4 is 10.6 Å². The molecule has 2 aromatic heterocycles. The largest absolute Gasteiger partial charge is 0.345 e. The molecule has 0 saturated carbocycles. The summed E-state index contributed by atoms with van der Waals surface area (Å²) < 4.78 is 15.6. The van der Waals surface area contributed by atoms with E-state index in [1.807, 2.05) is 18.4 Å². The Morgan fingerprint density at radius 1 is 1.23 bits per heavy atom. The number of hydrogen-bond donors (Lipinski definition) is 2. The molecule has 0 aliphatic heterocycles. The summed E-state index contributed by atoms with van der Waals surface area (Å²) in [7, 11) is 0. The molecule has 3 rings (SSSR count). The summed E-state index contributed by atoms with van der Waals surface area (Å²) in [5.74, 6) is -0.791. The van der Waals surface area contributed by atoms with E-state index in [1.54, 1.807) is 24.6 Å². The maximum absolute atomic E-state index is 13.8. The van der Waals surface area contributed by atoms with Gasteiger partial charge in [0.25, 0.3) is 5.91 Å². The van der Waals surface area contributed by atoms with Gasteiger partial charge in [0.2, 0.25) is 5.91 Å². The number of halogens is 1. The molecule has 2 N–H and O–H groups in total. The molecule has 0 radical (unpaired) electrons. The molecule has 0 bridgehead atoms. The highest BCUT2D eigenvalue weighted by molar-refractivity contribution is 8.00. The number of benzene rings is 1. The molecule has 8 nitrogen and oxygen atoms in total. The second-order valence-corrected chi connectivity index (χ2v) is 8.81. The Kier molecular flexibility index (Phi) is 7.16. The zero-order valence-electron chi connectivity index (χ0n) is 16.6. The Labute approximate surface area is 181 Å². The third kappa shape index (κ3) is 5.22. The molecular formula is C19H21FN6O2S2. The van der Waals surface area contributed by atoms with E-state index >= 15 is 0 Å². The van der Waals surface area contributed by atoms with Crippen molar-refractivity contribution in [2.45, 2.75) is 43.8 Å². The average molecular weight is 449 g/mol. The Morgan fingerprint density at radius 2 is 2.00 bits per heavy atom. The van der Waals surface area contributed by atoms with Gasteiger partial charge in [-0.05, 0) is 32.9 Å². The van der Waals surface area contributed by atoms with E-state index in [0.29, 0.717) is 16.1 Å². The van der Waals surface area contributed by atoms with E-state index < -0.39 is 17.0 Å². The standard InChI is InChI=1S/C19H21FN6O2S2/c1-11(2)26-15(10-22-17(28)13-6-4-5-7-14(13)20)24-25-19(26)30-12(3)16(27)23-18-21-8-9-29-18/h4-9,11-12H,10H2,1-3H3,(H,22,28)(H,21,23,27). The van der Waals surface area contributed by atoms with Crippen molar-refractivity contribution in [3.8, 4) is 0 Å². The molecule has 2 heterocycles. The van der Waals surface area contributed by atoms with Crippen LogP contribution in [-0.2, 0) is 11.3 Å². The molecule has 11 heteroatoms. The molecule has 1 aromatic carbocycles. The summed E-state index contributed by atoms with van der Waals surface area (Å²) in [6.07, 6.45) is 1.62. The highest BCUT2D eigenvalue weighted by Gasteiger charge is 2.22. The number of carbonyl (C=O) groups is 2. The highest BCUT2D eigenvalue weighted by Crippen LogP contribution is 2.26. The summed E-state index contributed by atoms with van der Waals surface area (Å²) in [4.78, 5) is 28.7. The fourth-order valence-electron chi connectivity index (χ4n) is 2.63. The third-order valence-corrected chi connectivity index (χ3v) is 5.84. The van der Waals surface area contributed by atoms with Crippen molar-refractivity contribution in [1.29, 1.82) is 0 Å². The summed E-state index contributed by atoms with van der Waals surface area (Å²) in [5, 5.41) is 16.2. The first-order chi connectivity index (χ1) is 14.4. The van der Waals surface area contributed by atoms with Crippen LogP contribution in [0.2, 0.25) is 0 Å². The number of thioether (sulfide) groups is 1. The predicted molar refractivity (Wildman–Crippen MR) is 114 cm³/mol. The molecule has 2 amide bonds. The van der Waals surface area contributed by atoms with Gasteiger partial charge in [-0.15, -0.1) is 21.5 Å². The number of aromatic nitrogens is 4. The lowest BCUT2D eigenvalue weighted by atomic mass is 10.2. The maximum Gasteiger partial charge on any atom is 0.254 e. The highest BCUT2D eigenvalue weighted by atomic mass is 32.2. The second-order valence-electron chi connectivity index (χ2n) is 6.61. The third-order valence-electron chi connectivity index (χ3n) is 4.09. The van der Waals surface area contributed by atoms with E-state index in [4.69, 9.17) is 0 Å². The number of amides is 2. The normalized spacial score (nSPS) is 12.0. The van der Waals surface area contributed by atoms with E-state index in [9.17, 15) is 14.0 Å². The lowest BCUT2D eigenvalue weighted by Crippen LogP contribution is -2.26. The number of thiazole rings is 1. The van der Waals surface area contributed by atoms with Crippen LogP contribution in [0.25, 0.3) is 0 Å². The predicted octanol–water partition coefficient (Wildman–Crippen LogP) is 3.50. The van der Waals surface area contributed by atoms with Gasteiger partial charge in [-0.3, -0.25) is 9.59 Å². The summed E-state index contributed by atoms with van der Waals surface area (Å²) >= 11 is 2.61. The Hall–Kier alpha value is -2.79. The fraction of sp³-hybridized carbons (Fsp3) is 0.316. The lowest BCUT2D eigenvalue weighted by Gasteiger charge is -2.16. The summed E-state index contributed by atoms with van der Waals surface area (Å²) in [5.41, 5.74) is -0.0322. The van der Waals surface area contributed by atoms with Gasteiger partial charge in [-0.25, -0.2) is 9.37 Å². The topological polar surface area (TPSA) is 102 Å². The average Bonchev–Trinajstić information content (AvgIpc) is 3.36. The van der Waals surface area contributed by atoms with Crippen molar-refractivity contribution in [2.75, 3.05) is 5.32 Å². The molecule has 30 heavy (non-hydrogen) atoms. The van der Waals surface area contributed by atoms with Crippen molar-refractivity contribution < 1.29 is 14.0 Å². The van der Waals surface area contributed by atoms with Crippen LogP contribution in [0.3, 0.4) is 0 Å². The van der Waals surface area contributed by atoms with Crippen LogP contribution in [0.5, 0.6) is 0 Å². The molecule has 158 valence electrons. The molecular weight excluding hydrogens is 427 g/mol. The monoisotopic (exact) mass is 448 g/mol. The van der Waals surface area contributed by atoms with Crippen molar-refractivity contribution >= 4 is 40.0 Å². The van der Waals surface area contributed by atoms with E-state index in [0.717, 1.165) is 0 Å². The van der Waals surface area contributed by atoms with Crippen LogP contribution in [0.4, 0.5) is 9.52 Å². The van der Waals surface area contributed by atoms with Gasteiger partial charge < -0.3 is 15.2 Å². The number of hydrogen-bond acceptors (Lipinski definition) is 7. The van der Waals surface area contributed by atoms with Gasteiger partial charge in [0.1, 0.15) is 5.82 Å². The van der Waals surface area contributed by atoms with E-state index in [1.165, 1.54) is 41.3 Å². The smallest absolute Gasteiger partial charge is 0.254 e. The Balaban J connectivity index is 1.68. The molecule has 1 unspecified atom stereocenters. The minimum atomic E-state index is -0.586. The van der Waals surface area contributed by atoms with Crippen LogP contribution >= 0.6 is 23.1 Å². The molecule has 1 atom stereocenters. The molecule has 0 aliphatic rings. The zero-order valence-corrected chi connectivity index (χ0v) is 18.3. The number of anilines is 1. The molecule has 0 fully saturated rings. The SMILES string of the molecule is CC(Sc1nnc(CNC(=O)c2ccccc2F)n1C(C)C)C(=O)Nc1nccs1. The van der Waals surface area contributed by atoms with Gasteiger partial charge in [-0.2, -0.15) is 0 Å². The summed E-state index contributed by atoms with van der Waals surface area (Å²) in [6.45, 7) is 5.76. The van der Waals surface area contributed by atoms with Crippen molar-refractivity contribution in [1.82, 2.24) is 25.1 Å². The van der Waals surface area contributed by atoms with Crippen molar-refractivity contribution in [2.24, 2.45) is 0 Å². The van der Waals surface area contributed by atoms with Crippen LogP contribution in [0, 0.1) is 5.82 Å². The Bertz CT molecular complexity index is 1020. The molecule has 0 saturated heterocycles. The number of carbonyl (C=O) groups excluding carboxylic acids is 2. The fourth-order valence-corrected chi connectivity index (χ4v) is 4.16. The summed E-state index contributed by atoms with van der Waals surface area (Å²) in [6, 6.07) is 5.77. The van der Waals surface area contributed by atoms with Gasteiger partial charge >= 0.3 is 0 Å². The first kappa shape index (κ1) is 21.9. The number of nitrogens with zero attached hydrogens (tertiary/aromatic N) is 4. The molecule has 0 spiro atoms. The van der Waals surface area contributed by atoms with Gasteiger partial charge in [0.15, 0.2) is 16.1 Å². The minimum Gasteiger partial charge on any atom is -0.345 e. The molecule has 3 aromatic rings. The minimum absolute atomic E-state index is 0.00270. The molecule has 0 aliphatic carbocycles. The van der Waals surface area contributed by atoms with Crippen molar-refractivity contribution in [3.63, 3.8) is 0 Å². The zero-order chi connectivity index (χ0) is 21.7. The van der Waals surface area contributed by atoms with Gasteiger partial charge in [-0.1, -0.05) is 23.9 Å². The van der Waals surface area contributed by atoms with Crippen molar-refractivity contribution in [3.05, 3.63) is 53.0 Å². The van der Waals surface area contributed by atoms with Gasteiger partial charge in [0, 0.05) is 17.6 Å². The van der Waals surface area contributed by atoms with Crippen LogP contribution in [0.1, 0.15) is 43.0 Å². The number of nitrogens with one attached hydrogen (secondary N) is 2. The maximum atomic E-state index is 13.8. The Morgan fingerprint density at radius 3 is 2.67 bits per heavy atom. The lowest BCUT2D eigenvalue weighted by molar-refractivity contribution is -0.115. The van der Waals surface area contributed by atoms with Crippen LogP contribution in [-0.4, -0.2) is 36.8 Å².